The van der Waals surface area contributed by atoms with Crippen molar-refractivity contribution in [3.63, 3.8) is 0 Å². The van der Waals surface area contributed by atoms with Crippen LogP contribution in [0.2, 0.25) is 0 Å². The van der Waals surface area contributed by atoms with Gasteiger partial charge in [-0.1, -0.05) is 122 Å². The summed E-state index contributed by atoms with van der Waals surface area (Å²) in [5.74, 6) is 0.0841. The Kier molecular flexibility index (Phi) is 24.9. The fraction of sp³-hybridized carbons (Fsp3) is 0.974. The van der Waals surface area contributed by atoms with E-state index in [9.17, 15) is 14.3 Å². The maximum Gasteiger partial charge on any atom is 0.473 e. The van der Waals surface area contributed by atoms with Crippen LogP contribution in [0.1, 0.15) is 190 Å². The van der Waals surface area contributed by atoms with Crippen LogP contribution in [0.15, 0.2) is 0 Å². The maximum atomic E-state index is 12.8. The molecule has 0 aromatic rings. The van der Waals surface area contributed by atoms with Crippen LogP contribution in [0.3, 0.4) is 0 Å². The molecule has 10 heteroatoms. The highest BCUT2D eigenvalue weighted by atomic mass is 31.2. The van der Waals surface area contributed by atoms with Crippen molar-refractivity contribution in [3.8, 4) is 0 Å². The summed E-state index contributed by atoms with van der Waals surface area (Å²) in [5, 5.41) is 3.03. The number of rotatable bonds is 30. The Hall–Kier alpha value is -0.540. The van der Waals surface area contributed by atoms with Crippen LogP contribution >= 0.6 is 7.82 Å². The van der Waals surface area contributed by atoms with E-state index < -0.39 is 37.3 Å². The number of phosphoric acid groups is 1. The predicted octanol–water partition coefficient (Wildman–Crippen LogP) is 10.6. The van der Waals surface area contributed by atoms with Crippen LogP contribution in [-0.4, -0.2) is 66.7 Å². The Morgan fingerprint density at radius 1 is 0.694 bits per heavy atom. The van der Waals surface area contributed by atoms with Gasteiger partial charge in [-0.05, 0) is 60.8 Å². The van der Waals surface area contributed by atoms with Gasteiger partial charge in [0, 0.05) is 20.1 Å². The van der Waals surface area contributed by atoms with Crippen LogP contribution in [0.25, 0.3) is 0 Å². The van der Waals surface area contributed by atoms with Gasteiger partial charge in [-0.25, -0.2) is 4.57 Å². The molecule has 0 aromatic carbocycles. The second-order valence-electron chi connectivity index (χ2n) is 16.2. The molecule has 292 valence electrons. The third kappa shape index (κ3) is 25.1. The van der Waals surface area contributed by atoms with Crippen molar-refractivity contribution in [2.75, 3.05) is 20.3 Å². The van der Waals surface area contributed by atoms with Gasteiger partial charge < -0.3 is 24.4 Å². The summed E-state index contributed by atoms with van der Waals surface area (Å²) >= 11 is 0. The minimum absolute atomic E-state index is 0.0841. The zero-order valence-electron chi connectivity index (χ0n) is 33.0. The lowest BCUT2D eigenvalue weighted by Gasteiger charge is -2.29. The van der Waals surface area contributed by atoms with E-state index in [0.29, 0.717) is 25.8 Å². The number of carbonyl (C=O) groups is 1. The summed E-state index contributed by atoms with van der Waals surface area (Å²) in [5.41, 5.74) is -1.29. The average molecular weight is 720 g/mol. The Morgan fingerprint density at radius 2 is 1.16 bits per heavy atom. The molecular weight excluding hydrogens is 641 g/mol. The molecule has 49 heavy (non-hydrogen) atoms. The van der Waals surface area contributed by atoms with Crippen LogP contribution in [0.4, 0.5) is 0 Å². The number of phosphoric ester groups is 1. The van der Waals surface area contributed by atoms with Crippen molar-refractivity contribution in [1.82, 2.24) is 5.32 Å². The first-order valence-electron chi connectivity index (χ1n) is 20.0. The number of hydrogen-bond acceptors (Lipinski definition) is 7. The van der Waals surface area contributed by atoms with E-state index in [0.717, 1.165) is 12.8 Å². The number of methoxy groups -OCH3 is 1. The lowest BCUT2D eigenvalue weighted by Crippen LogP contribution is -2.39. The number of unbranched alkanes of at least 4 members (excludes halogenated alkanes) is 18. The second-order valence-corrected chi connectivity index (χ2v) is 17.5. The summed E-state index contributed by atoms with van der Waals surface area (Å²) in [6.45, 7) is 13.9. The molecule has 1 fully saturated rings. The Labute approximate surface area is 301 Å². The van der Waals surface area contributed by atoms with E-state index in [-0.39, 0.29) is 18.6 Å². The largest absolute Gasteiger partial charge is 0.473 e. The normalized spacial score (nSPS) is 21.2. The van der Waals surface area contributed by atoms with Gasteiger partial charge in [-0.3, -0.25) is 13.8 Å². The van der Waals surface area contributed by atoms with Crippen LogP contribution in [-0.2, 0) is 32.6 Å². The Bertz CT molecular complexity index is 874. The quantitative estimate of drug-likeness (QED) is 0.0557. The van der Waals surface area contributed by atoms with Gasteiger partial charge in [0.1, 0.15) is 18.3 Å². The smallest absolute Gasteiger partial charge is 0.376 e. The number of amides is 1. The molecule has 0 spiro atoms. The number of nitrogens with one attached hydrogen (secondary N) is 1. The average Bonchev–Trinajstić information content (AvgIpc) is 3.32. The standard InChI is InChI=1S/C39H78NO8P/c1-9-10-11-12-13-14-15-16-17-18-19-20-21-22-23-24-25-26-27-30-35(41)40-31-28-29-33-36(44-8)37(34(46-33)32-45-38(2,3)4)47-49(42,43)48-39(5,6)7/h33-34,36-37H,9-32H2,1-8H3,(H,40,41)(H,42,43)/t33-,34+,36-,37+/m0/s1. The van der Waals surface area contributed by atoms with Gasteiger partial charge in [-0.15, -0.1) is 0 Å². The Morgan fingerprint density at radius 3 is 1.59 bits per heavy atom. The summed E-state index contributed by atoms with van der Waals surface area (Å²) < 4.78 is 41.7. The molecule has 0 saturated carbocycles. The predicted molar refractivity (Wildman–Crippen MR) is 201 cm³/mol. The zero-order valence-corrected chi connectivity index (χ0v) is 33.9. The zero-order chi connectivity index (χ0) is 36.6. The molecular formula is C39H78NO8P. The van der Waals surface area contributed by atoms with Crippen LogP contribution in [0.5, 0.6) is 0 Å². The van der Waals surface area contributed by atoms with Gasteiger partial charge in [0.15, 0.2) is 0 Å². The summed E-state index contributed by atoms with van der Waals surface area (Å²) in [6.07, 6.45) is 24.9. The van der Waals surface area contributed by atoms with Crippen molar-refractivity contribution in [3.05, 3.63) is 0 Å². The van der Waals surface area contributed by atoms with E-state index >= 15 is 0 Å². The SMILES string of the molecule is CCCCCCCCCCCCCCCCCCCCCC(=O)NCCC[C@@H]1O[C@H](COC(C)(C)C)[C@@H](OP(=O)(O)OC(C)(C)C)[C@H]1OC. The molecule has 0 bridgehead atoms. The highest BCUT2D eigenvalue weighted by Crippen LogP contribution is 2.51. The van der Waals surface area contributed by atoms with Crippen molar-refractivity contribution >= 4 is 13.7 Å². The summed E-state index contributed by atoms with van der Waals surface area (Å²) in [7, 11) is -2.85. The molecule has 1 heterocycles. The molecule has 0 radical (unpaired) electrons. The molecule has 5 atom stereocenters. The third-order valence-corrected chi connectivity index (χ3v) is 10.3. The number of carbonyl (C=O) groups excluding carboxylic acids is 1. The van der Waals surface area contributed by atoms with Gasteiger partial charge in [-0.2, -0.15) is 0 Å². The lowest BCUT2D eigenvalue weighted by molar-refractivity contribution is -0.121. The van der Waals surface area contributed by atoms with Gasteiger partial charge in [0.05, 0.1) is 23.9 Å². The van der Waals surface area contributed by atoms with E-state index in [4.69, 9.17) is 23.3 Å². The summed E-state index contributed by atoms with van der Waals surface area (Å²) in [6, 6.07) is 0. The van der Waals surface area contributed by atoms with Crippen molar-refractivity contribution in [2.24, 2.45) is 0 Å². The first kappa shape index (κ1) is 46.5. The molecule has 1 aliphatic heterocycles. The maximum absolute atomic E-state index is 12.8. The van der Waals surface area contributed by atoms with E-state index in [1.807, 2.05) is 20.8 Å². The number of ether oxygens (including phenoxy) is 3. The van der Waals surface area contributed by atoms with Gasteiger partial charge in [0.25, 0.3) is 0 Å². The highest BCUT2D eigenvalue weighted by molar-refractivity contribution is 7.47. The first-order chi connectivity index (χ1) is 23.2. The van der Waals surface area contributed by atoms with Gasteiger partial charge >= 0.3 is 7.82 Å². The van der Waals surface area contributed by atoms with E-state index in [2.05, 4.69) is 12.2 Å². The van der Waals surface area contributed by atoms with Crippen molar-refractivity contribution in [1.29, 1.82) is 0 Å². The molecule has 1 unspecified atom stereocenters. The number of hydrogen-bond donors (Lipinski definition) is 2. The third-order valence-electron chi connectivity index (χ3n) is 9.00. The van der Waals surface area contributed by atoms with Crippen LogP contribution < -0.4 is 5.32 Å². The monoisotopic (exact) mass is 720 g/mol. The minimum atomic E-state index is -4.39. The van der Waals surface area contributed by atoms with Crippen LogP contribution in [0, 0.1) is 0 Å². The fourth-order valence-corrected chi connectivity index (χ4v) is 7.72. The molecule has 0 aliphatic carbocycles. The molecule has 1 amide bonds. The first-order valence-corrected chi connectivity index (χ1v) is 21.5. The second kappa shape index (κ2) is 26.3. The summed E-state index contributed by atoms with van der Waals surface area (Å²) in [4.78, 5) is 22.9. The molecule has 1 saturated heterocycles. The van der Waals surface area contributed by atoms with Crippen molar-refractivity contribution < 1.29 is 37.5 Å². The molecule has 1 rings (SSSR count). The Balaban J connectivity index is 2.17. The topological polar surface area (TPSA) is 113 Å². The molecule has 2 N–H and O–H groups in total. The fourth-order valence-electron chi connectivity index (χ4n) is 6.42. The van der Waals surface area contributed by atoms with E-state index in [1.54, 1.807) is 27.9 Å². The molecule has 9 nitrogen and oxygen atoms in total. The lowest BCUT2D eigenvalue weighted by atomic mass is 10.0. The van der Waals surface area contributed by atoms with E-state index in [1.165, 1.54) is 109 Å². The minimum Gasteiger partial charge on any atom is -0.376 e. The van der Waals surface area contributed by atoms with Gasteiger partial charge in [0.2, 0.25) is 5.91 Å². The van der Waals surface area contributed by atoms with Crippen molar-refractivity contribution in [2.45, 2.75) is 225 Å². The highest BCUT2D eigenvalue weighted by Gasteiger charge is 2.49. The molecule has 1 aliphatic rings. The molecule has 0 aromatic heterocycles.